The van der Waals surface area contributed by atoms with Gasteiger partial charge in [-0.1, -0.05) is 12.7 Å². The predicted molar refractivity (Wildman–Crippen MR) is 118 cm³/mol. The minimum absolute atomic E-state index is 0.239. The van der Waals surface area contributed by atoms with E-state index in [0.717, 1.165) is 33.0 Å². The number of rotatable bonds is 5. The Labute approximate surface area is 180 Å². The van der Waals surface area contributed by atoms with Gasteiger partial charge in [-0.3, -0.25) is 4.57 Å². The zero-order valence-corrected chi connectivity index (χ0v) is 18.0. The molecule has 2 aromatic heterocycles. The third kappa shape index (κ3) is 4.40. The van der Waals surface area contributed by atoms with Crippen LogP contribution in [-0.4, -0.2) is 40.7 Å². The lowest BCUT2D eigenvalue weighted by Crippen LogP contribution is -2.47. The van der Waals surface area contributed by atoms with Crippen LogP contribution in [0.2, 0.25) is 0 Å². The molecule has 1 saturated heterocycles. The van der Waals surface area contributed by atoms with Crippen LogP contribution in [0.1, 0.15) is 9.75 Å². The molecular formula is C20H19BrFN5OS. The summed E-state index contributed by atoms with van der Waals surface area (Å²) in [6.07, 6.45) is 3.34. The maximum atomic E-state index is 13.1. The van der Waals surface area contributed by atoms with Gasteiger partial charge in [-0.15, -0.1) is 11.3 Å². The highest BCUT2D eigenvalue weighted by atomic mass is 79.9. The number of thiophene rings is 1. The topological polar surface area (TPSA) is 54.3 Å². The van der Waals surface area contributed by atoms with Gasteiger partial charge in [-0.05, 0) is 46.3 Å². The normalized spacial score (nSPS) is 14.3. The summed E-state index contributed by atoms with van der Waals surface area (Å²) in [5.41, 5.74) is 0.670. The molecule has 0 aliphatic carbocycles. The number of aromatic nitrogens is 3. The van der Waals surface area contributed by atoms with Crippen molar-refractivity contribution in [3.63, 3.8) is 0 Å². The Morgan fingerprint density at radius 1 is 1.17 bits per heavy atom. The fraction of sp³-hybridized carbons (Fsp3) is 0.250. The maximum Gasteiger partial charge on any atom is 0.352 e. The number of hydrogen-bond acceptors (Lipinski definition) is 6. The zero-order chi connectivity index (χ0) is 20.4. The second-order valence-corrected chi connectivity index (χ2v) is 8.67. The van der Waals surface area contributed by atoms with Gasteiger partial charge in [-0.25, -0.2) is 14.2 Å². The van der Waals surface area contributed by atoms with E-state index in [1.807, 2.05) is 11.0 Å². The minimum Gasteiger partial charge on any atom is -0.368 e. The molecule has 0 unspecified atom stereocenters. The maximum absolute atomic E-state index is 13.1. The Hall–Kier alpha value is -2.52. The average Bonchev–Trinajstić information content (AvgIpc) is 3.09. The Morgan fingerprint density at radius 2 is 1.86 bits per heavy atom. The SMILES string of the molecule is C=Cc1sc(Cn2cnc(N3CCN(c4ccc(F)cc4)CC3)nc2=O)cc1Br. The number of halogens is 2. The average molecular weight is 476 g/mol. The quantitative estimate of drug-likeness (QED) is 0.563. The van der Waals surface area contributed by atoms with Gasteiger partial charge in [-0.2, -0.15) is 4.98 Å². The molecule has 0 amide bonds. The second kappa shape index (κ2) is 8.46. The number of hydrogen-bond donors (Lipinski definition) is 0. The number of benzene rings is 1. The van der Waals surface area contributed by atoms with Crippen LogP contribution in [0.5, 0.6) is 0 Å². The Bertz CT molecular complexity index is 1070. The molecule has 4 rings (SSSR count). The van der Waals surface area contributed by atoms with E-state index >= 15 is 0 Å². The third-order valence-corrected chi connectivity index (χ3v) is 6.82. The summed E-state index contributed by atoms with van der Waals surface area (Å²) in [6.45, 7) is 7.11. The zero-order valence-electron chi connectivity index (χ0n) is 15.6. The molecule has 6 nitrogen and oxygen atoms in total. The van der Waals surface area contributed by atoms with Crippen molar-refractivity contribution in [2.45, 2.75) is 6.54 Å². The summed E-state index contributed by atoms with van der Waals surface area (Å²) < 4.78 is 15.6. The standard InChI is InChI=1S/C20H19BrFN5OS/c1-2-18-17(21)11-16(29-18)12-27-13-23-19(24-20(27)28)26-9-7-25(8-10-26)15-5-3-14(22)4-6-15/h2-6,11,13H,1,7-10,12H2. The van der Waals surface area contributed by atoms with E-state index in [-0.39, 0.29) is 11.5 Å². The Morgan fingerprint density at radius 3 is 2.48 bits per heavy atom. The van der Waals surface area contributed by atoms with Gasteiger partial charge < -0.3 is 9.80 Å². The van der Waals surface area contributed by atoms with Crippen molar-refractivity contribution in [1.82, 2.24) is 14.5 Å². The first-order valence-electron chi connectivity index (χ1n) is 9.13. The highest BCUT2D eigenvalue weighted by Crippen LogP contribution is 2.28. The summed E-state index contributed by atoms with van der Waals surface area (Å²) in [6, 6.07) is 8.48. The van der Waals surface area contributed by atoms with Crippen molar-refractivity contribution < 1.29 is 4.39 Å². The molecule has 0 spiro atoms. The third-order valence-electron chi connectivity index (χ3n) is 4.78. The molecule has 1 aliphatic heterocycles. The molecule has 0 atom stereocenters. The first kappa shape index (κ1) is 19.8. The minimum atomic E-state index is -0.319. The molecule has 9 heteroatoms. The van der Waals surface area contributed by atoms with E-state index in [4.69, 9.17) is 0 Å². The van der Waals surface area contributed by atoms with Gasteiger partial charge in [0, 0.05) is 46.1 Å². The Kier molecular flexibility index (Phi) is 5.77. The second-order valence-electron chi connectivity index (χ2n) is 6.65. The lowest BCUT2D eigenvalue weighted by atomic mass is 10.2. The van der Waals surface area contributed by atoms with Gasteiger partial charge >= 0.3 is 5.69 Å². The fourth-order valence-electron chi connectivity index (χ4n) is 3.24. The van der Waals surface area contributed by atoms with Gasteiger partial charge in [0.1, 0.15) is 12.1 Å². The van der Waals surface area contributed by atoms with Gasteiger partial charge in [0.2, 0.25) is 5.95 Å². The molecule has 0 bridgehead atoms. The molecular weight excluding hydrogens is 457 g/mol. The van der Waals surface area contributed by atoms with E-state index < -0.39 is 0 Å². The van der Waals surface area contributed by atoms with Gasteiger partial charge in [0.25, 0.3) is 0 Å². The summed E-state index contributed by atoms with van der Waals surface area (Å²) in [5.74, 6) is 0.209. The highest BCUT2D eigenvalue weighted by Gasteiger charge is 2.20. The van der Waals surface area contributed by atoms with Crippen molar-refractivity contribution >= 4 is 45.0 Å². The first-order chi connectivity index (χ1) is 14.0. The summed E-state index contributed by atoms with van der Waals surface area (Å²) in [7, 11) is 0. The van der Waals surface area contributed by atoms with Crippen LogP contribution in [0.4, 0.5) is 16.0 Å². The van der Waals surface area contributed by atoms with Gasteiger partial charge in [0.05, 0.1) is 6.54 Å². The van der Waals surface area contributed by atoms with Crippen molar-refractivity contribution in [1.29, 1.82) is 0 Å². The van der Waals surface area contributed by atoms with Crippen LogP contribution in [-0.2, 0) is 6.54 Å². The largest absolute Gasteiger partial charge is 0.368 e. The first-order valence-corrected chi connectivity index (χ1v) is 10.7. The molecule has 29 heavy (non-hydrogen) atoms. The fourth-order valence-corrected chi connectivity index (χ4v) is 4.98. The van der Waals surface area contributed by atoms with E-state index in [9.17, 15) is 9.18 Å². The van der Waals surface area contributed by atoms with Crippen molar-refractivity contribution in [2.75, 3.05) is 36.0 Å². The van der Waals surface area contributed by atoms with E-state index in [1.165, 1.54) is 16.7 Å². The molecule has 3 aromatic rings. The van der Waals surface area contributed by atoms with E-state index in [2.05, 4.69) is 37.4 Å². The molecule has 3 heterocycles. The van der Waals surface area contributed by atoms with Crippen LogP contribution >= 0.6 is 27.3 Å². The molecule has 1 fully saturated rings. The van der Waals surface area contributed by atoms with Crippen LogP contribution < -0.4 is 15.5 Å². The number of nitrogens with zero attached hydrogens (tertiary/aromatic N) is 5. The Balaban J connectivity index is 1.42. The smallest absolute Gasteiger partial charge is 0.352 e. The van der Waals surface area contributed by atoms with Gasteiger partial charge in [0.15, 0.2) is 0 Å². The molecule has 1 aromatic carbocycles. The van der Waals surface area contributed by atoms with E-state index in [0.29, 0.717) is 25.6 Å². The van der Waals surface area contributed by atoms with Crippen molar-refractivity contribution in [2.24, 2.45) is 0 Å². The summed E-state index contributed by atoms with van der Waals surface area (Å²) >= 11 is 5.06. The molecule has 0 N–H and O–H groups in total. The predicted octanol–water partition coefficient (Wildman–Crippen LogP) is 3.62. The summed E-state index contributed by atoms with van der Waals surface area (Å²) in [5, 5.41) is 0. The molecule has 0 saturated carbocycles. The monoisotopic (exact) mass is 475 g/mol. The van der Waals surface area contributed by atoms with Crippen LogP contribution in [0.3, 0.4) is 0 Å². The summed E-state index contributed by atoms with van der Waals surface area (Å²) in [4.78, 5) is 27.3. The lowest BCUT2D eigenvalue weighted by molar-refractivity contribution is 0.617. The van der Waals surface area contributed by atoms with Crippen LogP contribution in [0.25, 0.3) is 6.08 Å². The number of piperazine rings is 1. The number of anilines is 2. The van der Waals surface area contributed by atoms with Crippen molar-refractivity contribution in [3.05, 3.63) is 73.8 Å². The molecule has 0 radical (unpaired) electrons. The lowest BCUT2D eigenvalue weighted by Gasteiger charge is -2.36. The van der Waals surface area contributed by atoms with Crippen LogP contribution in [0.15, 0.2) is 52.5 Å². The van der Waals surface area contributed by atoms with E-state index in [1.54, 1.807) is 35.9 Å². The van der Waals surface area contributed by atoms with Crippen LogP contribution in [0, 0.1) is 5.82 Å². The highest BCUT2D eigenvalue weighted by molar-refractivity contribution is 9.10. The van der Waals surface area contributed by atoms with Crippen molar-refractivity contribution in [3.8, 4) is 0 Å². The molecule has 150 valence electrons. The molecule has 1 aliphatic rings.